The maximum atomic E-state index is 11.5. The van der Waals surface area contributed by atoms with Crippen LogP contribution in [0.4, 0.5) is 5.82 Å². The van der Waals surface area contributed by atoms with Gasteiger partial charge >= 0.3 is 11.9 Å². The standard InChI is InChI=1S/C15H20N2O4/c1-2-21-14(20)11-5-6-12(16-10-11)17-15(9-13(18)19)7-3-4-8-15/h5-6,10H,2-4,7-9H2,1H3,(H,16,17)(H,18,19). The molecule has 1 heterocycles. The summed E-state index contributed by atoms with van der Waals surface area (Å²) in [6.45, 7) is 2.07. The Bertz CT molecular complexity index is 507. The summed E-state index contributed by atoms with van der Waals surface area (Å²) in [5, 5.41) is 12.3. The highest BCUT2D eigenvalue weighted by Gasteiger charge is 2.36. The number of carbonyl (C=O) groups excluding carboxylic acids is 1. The molecule has 0 aliphatic heterocycles. The van der Waals surface area contributed by atoms with E-state index in [9.17, 15) is 9.59 Å². The first kappa shape index (κ1) is 15.3. The van der Waals surface area contributed by atoms with E-state index >= 15 is 0 Å². The number of nitrogens with one attached hydrogen (secondary N) is 1. The van der Waals surface area contributed by atoms with Crippen LogP contribution in [0, 0.1) is 0 Å². The number of aliphatic carboxylic acids is 1. The molecule has 0 bridgehead atoms. The Morgan fingerprint density at radius 2 is 2.10 bits per heavy atom. The van der Waals surface area contributed by atoms with Crippen molar-refractivity contribution in [2.75, 3.05) is 11.9 Å². The van der Waals surface area contributed by atoms with Crippen molar-refractivity contribution < 1.29 is 19.4 Å². The highest BCUT2D eigenvalue weighted by molar-refractivity contribution is 5.89. The molecular weight excluding hydrogens is 272 g/mol. The molecule has 0 radical (unpaired) electrons. The van der Waals surface area contributed by atoms with Crippen molar-refractivity contribution in [2.24, 2.45) is 0 Å². The second-order valence-corrected chi connectivity index (χ2v) is 5.34. The highest BCUT2D eigenvalue weighted by atomic mass is 16.5. The average Bonchev–Trinajstić information content (AvgIpc) is 2.87. The van der Waals surface area contributed by atoms with Crippen molar-refractivity contribution in [3.63, 3.8) is 0 Å². The molecule has 1 aromatic heterocycles. The van der Waals surface area contributed by atoms with E-state index in [0.29, 0.717) is 18.0 Å². The van der Waals surface area contributed by atoms with Crippen molar-refractivity contribution in [1.29, 1.82) is 0 Å². The number of carboxylic acids is 1. The first-order chi connectivity index (χ1) is 10.0. The van der Waals surface area contributed by atoms with Gasteiger partial charge in [0.25, 0.3) is 0 Å². The molecule has 0 saturated heterocycles. The lowest BCUT2D eigenvalue weighted by atomic mass is 9.93. The lowest BCUT2D eigenvalue weighted by Crippen LogP contribution is -2.37. The lowest BCUT2D eigenvalue weighted by molar-refractivity contribution is -0.138. The Morgan fingerprint density at radius 1 is 1.38 bits per heavy atom. The summed E-state index contributed by atoms with van der Waals surface area (Å²) in [7, 11) is 0. The Morgan fingerprint density at radius 3 is 2.62 bits per heavy atom. The molecule has 0 amide bonds. The summed E-state index contributed by atoms with van der Waals surface area (Å²) >= 11 is 0. The fourth-order valence-corrected chi connectivity index (χ4v) is 2.76. The summed E-state index contributed by atoms with van der Waals surface area (Å²) in [6.07, 6.45) is 5.20. The van der Waals surface area contributed by atoms with Gasteiger partial charge in [0.05, 0.1) is 18.6 Å². The second kappa shape index (κ2) is 6.56. The summed E-state index contributed by atoms with van der Waals surface area (Å²) in [5.41, 5.74) is -0.0364. The molecule has 114 valence electrons. The number of ether oxygens (including phenoxy) is 1. The molecule has 2 rings (SSSR count). The summed E-state index contributed by atoms with van der Waals surface area (Å²) < 4.78 is 4.90. The molecule has 6 nitrogen and oxygen atoms in total. The number of carboxylic acid groups (broad SMARTS) is 1. The molecule has 21 heavy (non-hydrogen) atoms. The monoisotopic (exact) mass is 292 g/mol. The van der Waals surface area contributed by atoms with Crippen LogP contribution >= 0.6 is 0 Å². The van der Waals surface area contributed by atoms with Crippen LogP contribution in [-0.2, 0) is 9.53 Å². The number of carbonyl (C=O) groups is 2. The number of anilines is 1. The van der Waals surface area contributed by atoms with Crippen molar-refractivity contribution in [2.45, 2.75) is 44.6 Å². The van der Waals surface area contributed by atoms with Crippen molar-refractivity contribution in [3.05, 3.63) is 23.9 Å². The van der Waals surface area contributed by atoms with Gasteiger partial charge < -0.3 is 15.2 Å². The van der Waals surface area contributed by atoms with E-state index in [1.54, 1.807) is 19.1 Å². The van der Waals surface area contributed by atoms with Gasteiger partial charge in [-0.05, 0) is 31.9 Å². The van der Waals surface area contributed by atoms with Crippen LogP contribution < -0.4 is 5.32 Å². The fraction of sp³-hybridized carbons (Fsp3) is 0.533. The van der Waals surface area contributed by atoms with E-state index in [1.807, 2.05) is 0 Å². The Labute approximate surface area is 123 Å². The molecule has 0 spiro atoms. The van der Waals surface area contributed by atoms with Crippen LogP contribution in [0.5, 0.6) is 0 Å². The molecule has 0 atom stereocenters. The minimum absolute atomic E-state index is 0.0777. The zero-order valence-corrected chi connectivity index (χ0v) is 12.1. The number of rotatable bonds is 6. The van der Waals surface area contributed by atoms with E-state index in [1.165, 1.54) is 6.20 Å². The third-order valence-corrected chi connectivity index (χ3v) is 3.72. The molecule has 6 heteroatoms. The first-order valence-electron chi connectivity index (χ1n) is 7.18. The lowest BCUT2D eigenvalue weighted by Gasteiger charge is -2.29. The molecule has 1 fully saturated rings. The highest BCUT2D eigenvalue weighted by Crippen LogP contribution is 2.35. The molecule has 2 N–H and O–H groups in total. The number of hydrogen-bond donors (Lipinski definition) is 2. The minimum Gasteiger partial charge on any atom is -0.481 e. The van der Waals surface area contributed by atoms with Crippen molar-refractivity contribution >= 4 is 17.8 Å². The molecular formula is C15H20N2O4. The summed E-state index contributed by atoms with van der Waals surface area (Å²) in [6, 6.07) is 3.32. The van der Waals surface area contributed by atoms with Crippen LogP contribution in [-0.4, -0.2) is 34.2 Å². The fourth-order valence-electron chi connectivity index (χ4n) is 2.76. The van der Waals surface area contributed by atoms with Gasteiger partial charge in [0.2, 0.25) is 0 Å². The number of nitrogens with zero attached hydrogens (tertiary/aromatic N) is 1. The SMILES string of the molecule is CCOC(=O)c1ccc(NC2(CC(=O)O)CCCC2)nc1. The van der Waals surface area contributed by atoms with Crippen LogP contribution in [0.15, 0.2) is 18.3 Å². The molecule has 1 aromatic rings. The first-order valence-corrected chi connectivity index (χ1v) is 7.18. The van der Waals surface area contributed by atoms with Crippen LogP contribution in [0.25, 0.3) is 0 Å². The topological polar surface area (TPSA) is 88.5 Å². The predicted octanol–water partition coefficient (Wildman–Crippen LogP) is 2.46. The molecule has 1 aliphatic carbocycles. The quantitative estimate of drug-likeness (QED) is 0.783. The third kappa shape index (κ3) is 3.93. The average molecular weight is 292 g/mol. The van der Waals surface area contributed by atoms with E-state index in [-0.39, 0.29) is 6.42 Å². The van der Waals surface area contributed by atoms with Gasteiger partial charge in [-0.15, -0.1) is 0 Å². The van der Waals surface area contributed by atoms with Gasteiger partial charge in [0.1, 0.15) is 5.82 Å². The molecule has 1 saturated carbocycles. The molecule has 1 aliphatic rings. The van der Waals surface area contributed by atoms with Gasteiger partial charge in [-0.25, -0.2) is 9.78 Å². The smallest absolute Gasteiger partial charge is 0.339 e. The Hall–Kier alpha value is -2.11. The molecule has 0 aromatic carbocycles. The Kier molecular flexibility index (Phi) is 4.77. The van der Waals surface area contributed by atoms with Crippen molar-refractivity contribution in [1.82, 2.24) is 4.98 Å². The van der Waals surface area contributed by atoms with Crippen LogP contribution in [0.1, 0.15) is 49.4 Å². The van der Waals surface area contributed by atoms with Crippen LogP contribution in [0.2, 0.25) is 0 Å². The zero-order valence-electron chi connectivity index (χ0n) is 12.1. The maximum Gasteiger partial charge on any atom is 0.339 e. The third-order valence-electron chi connectivity index (χ3n) is 3.72. The second-order valence-electron chi connectivity index (χ2n) is 5.34. The van der Waals surface area contributed by atoms with Gasteiger partial charge in [0, 0.05) is 11.7 Å². The predicted molar refractivity (Wildman–Crippen MR) is 77.3 cm³/mol. The maximum absolute atomic E-state index is 11.5. The zero-order chi connectivity index (χ0) is 15.3. The van der Waals surface area contributed by atoms with Crippen LogP contribution in [0.3, 0.4) is 0 Å². The van der Waals surface area contributed by atoms with E-state index in [2.05, 4.69) is 10.3 Å². The van der Waals surface area contributed by atoms with Gasteiger partial charge in [0.15, 0.2) is 0 Å². The van der Waals surface area contributed by atoms with Gasteiger partial charge in [-0.3, -0.25) is 4.79 Å². The van der Waals surface area contributed by atoms with E-state index < -0.39 is 17.5 Å². The number of pyridine rings is 1. The van der Waals surface area contributed by atoms with Gasteiger partial charge in [-0.2, -0.15) is 0 Å². The largest absolute Gasteiger partial charge is 0.481 e. The number of aromatic nitrogens is 1. The number of hydrogen-bond acceptors (Lipinski definition) is 5. The summed E-state index contributed by atoms with van der Waals surface area (Å²) in [5.74, 6) is -0.628. The van der Waals surface area contributed by atoms with Crippen molar-refractivity contribution in [3.8, 4) is 0 Å². The van der Waals surface area contributed by atoms with E-state index in [0.717, 1.165) is 25.7 Å². The Balaban J connectivity index is 2.07. The summed E-state index contributed by atoms with van der Waals surface area (Å²) in [4.78, 5) is 26.8. The normalized spacial score (nSPS) is 16.4. The molecule has 0 unspecified atom stereocenters. The van der Waals surface area contributed by atoms with E-state index in [4.69, 9.17) is 9.84 Å². The van der Waals surface area contributed by atoms with Gasteiger partial charge in [-0.1, -0.05) is 12.8 Å². The minimum atomic E-state index is -0.812. The number of esters is 1.